The van der Waals surface area contributed by atoms with Crippen molar-refractivity contribution in [2.24, 2.45) is 0 Å². The van der Waals surface area contributed by atoms with Gasteiger partial charge in [0.25, 0.3) is 0 Å². The Balaban J connectivity index is 1.40. The number of aromatic nitrogens is 3. The van der Waals surface area contributed by atoms with Crippen LogP contribution in [-0.4, -0.2) is 21.4 Å². The molecule has 0 saturated carbocycles. The average molecular weight is 430 g/mol. The summed E-state index contributed by atoms with van der Waals surface area (Å²) in [6.45, 7) is 0.559. The van der Waals surface area contributed by atoms with Crippen LogP contribution >= 0.6 is 27.3 Å². The van der Waals surface area contributed by atoms with E-state index in [1.165, 1.54) is 0 Å². The Kier molecular flexibility index (Phi) is 3.79. The molecule has 26 heavy (non-hydrogen) atoms. The standard InChI is InChI=1S/C18H12BrN3O3S/c19-13-4-2-1-3-12(13)16-8-22-17(20-21-18(22)26-16)9-23-11-5-6-14-15(7-11)25-10-24-14/h1-8H,9-10H2. The topological polar surface area (TPSA) is 57.9 Å². The molecule has 0 N–H and O–H groups in total. The van der Waals surface area contributed by atoms with Gasteiger partial charge < -0.3 is 14.2 Å². The first-order valence-corrected chi connectivity index (χ1v) is 9.50. The summed E-state index contributed by atoms with van der Waals surface area (Å²) in [5, 5.41) is 8.49. The van der Waals surface area contributed by atoms with Gasteiger partial charge in [-0.25, -0.2) is 0 Å². The molecule has 0 unspecified atom stereocenters. The van der Waals surface area contributed by atoms with Crippen molar-refractivity contribution in [2.75, 3.05) is 6.79 Å². The molecule has 3 heterocycles. The van der Waals surface area contributed by atoms with Crippen LogP contribution in [0.3, 0.4) is 0 Å². The van der Waals surface area contributed by atoms with Crippen LogP contribution in [0, 0.1) is 0 Å². The van der Waals surface area contributed by atoms with Crippen LogP contribution in [-0.2, 0) is 6.61 Å². The van der Waals surface area contributed by atoms with Gasteiger partial charge in [-0.3, -0.25) is 4.40 Å². The fourth-order valence-electron chi connectivity index (χ4n) is 2.75. The lowest BCUT2D eigenvalue weighted by Gasteiger charge is -2.05. The van der Waals surface area contributed by atoms with Gasteiger partial charge in [0, 0.05) is 22.3 Å². The van der Waals surface area contributed by atoms with Crippen LogP contribution in [0.25, 0.3) is 15.4 Å². The summed E-state index contributed by atoms with van der Waals surface area (Å²) in [6.07, 6.45) is 2.04. The second kappa shape index (κ2) is 6.30. The van der Waals surface area contributed by atoms with Crippen LogP contribution in [0.1, 0.15) is 5.82 Å². The summed E-state index contributed by atoms with van der Waals surface area (Å²) in [6, 6.07) is 13.6. The third kappa shape index (κ3) is 2.71. The molecule has 1 aliphatic heterocycles. The largest absolute Gasteiger partial charge is 0.485 e. The first-order chi connectivity index (χ1) is 12.8. The number of fused-ring (bicyclic) bond motifs is 2. The Morgan fingerprint density at radius 3 is 2.92 bits per heavy atom. The van der Waals surface area contributed by atoms with E-state index in [0.717, 1.165) is 31.4 Å². The molecule has 130 valence electrons. The fourth-order valence-corrected chi connectivity index (χ4v) is 4.36. The molecule has 5 rings (SSSR count). The van der Waals surface area contributed by atoms with E-state index in [1.807, 2.05) is 47.0 Å². The van der Waals surface area contributed by atoms with Crippen molar-refractivity contribution in [1.82, 2.24) is 14.6 Å². The van der Waals surface area contributed by atoms with Gasteiger partial charge in [-0.15, -0.1) is 10.2 Å². The van der Waals surface area contributed by atoms with E-state index in [4.69, 9.17) is 14.2 Å². The molecule has 0 saturated heterocycles. The minimum absolute atomic E-state index is 0.246. The van der Waals surface area contributed by atoms with E-state index in [0.29, 0.717) is 18.1 Å². The predicted molar refractivity (Wildman–Crippen MR) is 101 cm³/mol. The average Bonchev–Trinajstić information content (AvgIpc) is 3.36. The first-order valence-electron chi connectivity index (χ1n) is 7.89. The number of thiazole rings is 1. The third-order valence-corrected chi connectivity index (χ3v) is 5.73. The maximum absolute atomic E-state index is 5.86. The van der Waals surface area contributed by atoms with Crippen molar-refractivity contribution < 1.29 is 14.2 Å². The molecule has 0 radical (unpaired) electrons. The van der Waals surface area contributed by atoms with Gasteiger partial charge in [0.05, 0.1) is 4.88 Å². The summed E-state index contributed by atoms with van der Waals surface area (Å²) < 4.78 is 19.6. The summed E-state index contributed by atoms with van der Waals surface area (Å²) in [5.41, 5.74) is 1.13. The third-order valence-electron chi connectivity index (χ3n) is 4.03. The highest BCUT2D eigenvalue weighted by Gasteiger charge is 2.16. The van der Waals surface area contributed by atoms with Gasteiger partial charge in [0.1, 0.15) is 12.4 Å². The number of ether oxygens (including phenoxy) is 3. The molecule has 0 atom stereocenters. The van der Waals surface area contributed by atoms with Crippen molar-refractivity contribution in [3.63, 3.8) is 0 Å². The number of hydrogen-bond acceptors (Lipinski definition) is 6. The summed E-state index contributed by atoms with van der Waals surface area (Å²) >= 11 is 5.19. The van der Waals surface area contributed by atoms with Gasteiger partial charge in [-0.2, -0.15) is 0 Å². The Morgan fingerprint density at radius 2 is 2.00 bits per heavy atom. The van der Waals surface area contributed by atoms with E-state index >= 15 is 0 Å². The predicted octanol–water partition coefficient (Wildman–Crippen LogP) is 4.53. The van der Waals surface area contributed by atoms with Crippen molar-refractivity contribution in [3.8, 4) is 27.7 Å². The highest BCUT2D eigenvalue weighted by molar-refractivity contribution is 9.10. The van der Waals surface area contributed by atoms with Gasteiger partial charge in [0.2, 0.25) is 11.8 Å². The summed E-state index contributed by atoms with van der Waals surface area (Å²) in [7, 11) is 0. The molecule has 2 aromatic heterocycles. The van der Waals surface area contributed by atoms with Crippen molar-refractivity contribution >= 4 is 32.2 Å². The van der Waals surface area contributed by atoms with Crippen LogP contribution in [0.15, 0.2) is 53.1 Å². The van der Waals surface area contributed by atoms with Crippen LogP contribution in [0.2, 0.25) is 0 Å². The smallest absolute Gasteiger partial charge is 0.231 e. The van der Waals surface area contributed by atoms with Crippen LogP contribution in [0.4, 0.5) is 0 Å². The molecule has 2 aromatic carbocycles. The maximum atomic E-state index is 5.86. The van der Waals surface area contributed by atoms with Crippen molar-refractivity contribution in [2.45, 2.75) is 6.61 Å². The van der Waals surface area contributed by atoms with E-state index in [-0.39, 0.29) is 6.79 Å². The minimum Gasteiger partial charge on any atom is -0.485 e. The molecular weight excluding hydrogens is 418 g/mol. The molecule has 0 bridgehead atoms. The molecule has 0 spiro atoms. The molecule has 0 amide bonds. The fraction of sp³-hybridized carbons (Fsp3) is 0.111. The molecule has 0 aliphatic carbocycles. The van der Waals surface area contributed by atoms with E-state index in [2.05, 4.69) is 32.2 Å². The second-order valence-electron chi connectivity index (χ2n) is 5.65. The summed E-state index contributed by atoms with van der Waals surface area (Å²) in [4.78, 5) is 1.95. The van der Waals surface area contributed by atoms with Gasteiger partial charge in [0.15, 0.2) is 17.3 Å². The minimum atomic E-state index is 0.246. The lowest BCUT2D eigenvalue weighted by molar-refractivity contribution is 0.173. The van der Waals surface area contributed by atoms with Gasteiger partial charge >= 0.3 is 0 Å². The highest BCUT2D eigenvalue weighted by Crippen LogP contribution is 2.36. The van der Waals surface area contributed by atoms with Crippen LogP contribution < -0.4 is 14.2 Å². The van der Waals surface area contributed by atoms with Gasteiger partial charge in [-0.1, -0.05) is 45.5 Å². The molecule has 4 aromatic rings. The lowest BCUT2D eigenvalue weighted by Crippen LogP contribution is -2.00. The van der Waals surface area contributed by atoms with E-state index in [9.17, 15) is 0 Å². The molecule has 8 heteroatoms. The van der Waals surface area contributed by atoms with Gasteiger partial charge in [-0.05, 0) is 18.2 Å². The monoisotopic (exact) mass is 429 g/mol. The quantitative estimate of drug-likeness (QED) is 0.476. The number of nitrogens with zero attached hydrogens (tertiary/aromatic N) is 3. The molecule has 6 nitrogen and oxygen atoms in total. The first kappa shape index (κ1) is 15.7. The molecule has 0 fully saturated rings. The summed E-state index contributed by atoms with van der Waals surface area (Å²) in [5.74, 6) is 2.87. The number of rotatable bonds is 4. The normalized spacial score (nSPS) is 12.7. The molecular formula is C18H12BrN3O3S. The zero-order chi connectivity index (χ0) is 17.5. The SMILES string of the molecule is Brc1ccccc1-c1cn2c(COc3ccc4c(c3)OCO4)nnc2s1. The maximum Gasteiger partial charge on any atom is 0.231 e. The highest BCUT2D eigenvalue weighted by atomic mass is 79.9. The van der Waals surface area contributed by atoms with Crippen LogP contribution in [0.5, 0.6) is 17.2 Å². The zero-order valence-electron chi connectivity index (χ0n) is 13.4. The zero-order valence-corrected chi connectivity index (χ0v) is 15.8. The van der Waals surface area contributed by atoms with E-state index < -0.39 is 0 Å². The Hall–Kier alpha value is -2.58. The Labute approximate surface area is 161 Å². The second-order valence-corrected chi connectivity index (χ2v) is 7.51. The number of halogens is 1. The Morgan fingerprint density at radius 1 is 1.12 bits per heavy atom. The Bertz CT molecular complexity index is 1110. The molecule has 1 aliphatic rings. The van der Waals surface area contributed by atoms with Crippen molar-refractivity contribution in [3.05, 3.63) is 59.0 Å². The van der Waals surface area contributed by atoms with Crippen molar-refractivity contribution in [1.29, 1.82) is 0 Å². The number of hydrogen-bond donors (Lipinski definition) is 0. The lowest BCUT2D eigenvalue weighted by atomic mass is 10.2. The van der Waals surface area contributed by atoms with E-state index in [1.54, 1.807) is 11.3 Å². The number of benzene rings is 2.